The highest BCUT2D eigenvalue weighted by Crippen LogP contribution is 2.16. The highest BCUT2D eigenvalue weighted by Gasteiger charge is 2.11. The topological polar surface area (TPSA) is 79.6 Å². The minimum absolute atomic E-state index is 0.103. The van der Waals surface area contributed by atoms with Crippen molar-refractivity contribution in [1.29, 1.82) is 0 Å². The summed E-state index contributed by atoms with van der Waals surface area (Å²) in [5.74, 6) is 6.38. The van der Waals surface area contributed by atoms with Gasteiger partial charge in [0, 0.05) is 0 Å². The van der Waals surface area contributed by atoms with Crippen molar-refractivity contribution >= 4 is 0 Å². The molecule has 0 spiro atoms. The summed E-state index contributed by atoms with van der Waals surface area (Å²) in [6.45, 7) is 2.27. The predicted octanol–water partition coefficient (Wildman–Crippen LogP) is 3.62. The first-order chi connectivity index (χ1) is 9.88. The summed E-state index contributed by atoms with van der Waals surface area (Å²) in [6, 6.07) is 0.103. The Bertz CT molecular complexity index is 299. The molecule has 0 aliphatic rings. The molecule has 4 N–H and O–H groups in total. The van der Waals surface area contributed by atoms with Gasteiger partial charge >= 0.3 is 0 Å². The van der Waals surface area contributed by atoms with E-state index in [9.17, 15) is 0 Å². The van der Waals surface area contributed by atoms with Crippen LogP contribution in [0.2, 0.25) is 0 Å². The molecule has 1 unspecified atom stereocenters. The highest BCUT2D eigenvalue weighted by molar-refractivity contribution is 4.89. The summed E-state index contributed by atoms with van der Waals surface area (Å²) >= 11 is 0. The molecular formula is C15H31N5. The van der Waals surface area contributed by atoms with Gasteiger partial charge in [0.2, 0.25) is 0 Å². The lowest BCUT2D eigenvalue weighted by atomic mass is 10.0. The maximum absolute atomic E-state index is 5.55. The normalized spacial score (nSPS) is 12.7. The van der Waals surface area contributed by atoms with E-state index < -0.39 is 0 Å². The molecule has 1 rings (SSSR count). The Kier molecular flexibility index (Phi) is 10.1. The zero-order valence-corrected chi connectivity index (χ0v) is 12.9. The van der Waals surface area contributed by atoms with Crippen LogP contribution in [-0.4, -0.2) is 15.2 Å². The van der Waals surface area contributed by atoms with Gasteiger partial charge in [-0.05, 0) is 6.42 Å². The third-order valence-electron chi connectivity index (χ3n) is 3.81. The monoisotopic (exact) mass is 281 g/mol. The number of hydrogen-bond acceptors (Lipinski definition) is 4. The number of H-pyrrole nitrogens is 1. The standard InChI is InChI=1S/C15H31N5/c1-2-3-4-5-6-7-8-9-10-11-12-14(19-16)15-17-13-18-20-15/h13-14,19H,2-12,16H2,1H3,(H,17,18,20). The average molecular weight is 281 g/mol. The third kappa shape index (κ3) is 7.60. The van der Waals surface area contributed by atoms with Crippen molar-refractivity contribution in [2.45, 2.75) is 83.6 Å². The number of nitrogens with zero attached hydrogens (tertiary/aromatic N) is 2. The van der Waals surface area contributed by atoms with Crippen LogP contribution in [0.4, 0.5) is 0 Å². The average Bonchev–Trinajstić information content (AvgIpc) is 2.99. The first-order valence-corrected chi connectivity index (χ1v) is 8.19. The second-order valence-electron chi connectivity index (χ2n) is 5.56. The summed E-state index contributed by atoms with van der Waals surface area (Å²) in [5.41, 5.74) is 2.80. The van der Waals surface area contributed by atoms with Gasteiger partial charge in [0.05, 0.1) is 6.04 Å². The van der Waals surface area contributed by atoms with Crippen LogP contribution in [0.1, 0.15) is 89.4 Å². The van der Waals surface area contributed by atoms with Gasteiger partial charge in [0.25, 0.3) is 0 Å². The van der Waals surface area contributed by atoms with Crippen molar-refractivity contribution in [3.8, 4) is 0 Å². The van der Waals surface area contributed by atoms with Crippen LogP contribution in [0.3, 0.4) is 0 Å². The van der Waals surface area contributed by atoms with E-state index in [0.717, 1.165) is 12.2 Å². The molecule has 1 atom stereocenters. The Balaban J connectivity index is 1.91. The second-order valence-corrected chi connectivity index (χ2v) is 5.56. The Hall–Kier alpha value is -0.940. The Morgan fingerprint density at radius 2 is 1.65 bits per heavy atom. The van der Waals surface area contributed by atoms with Crippen LogP contribution >= 0.6 is 0 Å². The molecule has 0 aromatic carbocycles. The van der Waals surface area contributed by atoms with Crippen LogP contribution in [0.15, 0.2) is 6.33 Å². The summed E-state index contributed by atoms with van der Waals surface area (Å²) in [6.07, 6.45) is 16.1. The minimum Gasteiger partial charge on any atom is -0.271 e. The van der Waals surface area contributed by atoms with Gasteiger partial charge in [-0.25, -0.2) is 10.4 Å². The lowest BCUT2D eigenvalue weighted by Crippen LogP contribution is -2.28. The van der Waals surface area contributed by atoms with Crippen LogP contribution in [-0.2, 0) is 0 Å². The fourth-order valence-corrected chi connectivity index (χ4v) is 2.52. The molecule has 0 amide bonds. The summed E-state index contributed by atoms with van der Waals surface area (Å²) in [7, 11) is 0. The molecule has 116 valence electrons. The van der Waals surface area contributed by atoms with E-state index in [0.29, 0.717) is 0 Å². The molecule has 1 aromatic rings. The second kappa shape index (κ2) is 11.9. The molecule has 0 radical (unpaired) electrons. The SMILES string of the molecule is CCCCCCCCCCCCC(NN)c1ncn[nH]1. The van der Waals surface area contributed by atoms with Gasteiger partial charge in [-0.3, -0.25) is 10.9 Å². The first-order valence-electron chi connectivity index (χ1n) is 8.19. The van der Waals surface area contributed by atoms with E-state index >= 15 is 0 Å². The van der Waals surface area contributed by atoms with Crippen LogP contribution in [0.5, 0.6) is 0 Å². The number of nitrogens with one attached hydrogen (secondary N) is 2. The van der Waals surface area contributed by atoms with Gasteiger partial charge in [0.15, 0.2) is 0 Å². The third-order valence-corrected chi connectivity index (χ3v) is 3.81. The van der Waals surface area contributed by atoms with Crippen molar-refractivity contribution in [3.05, 3.63) is 12.2 Å². The smallest absolute Gasteiger partial charge is 0.142 e. The number of nitrogens with two attached hydrogens (primary N) is 1. The van der Waals surface area contributed by atoms with E-state index in [1.165, 1.54) is 70.5 Å². The number of aromatic amines is 1. The molecule has 20 heavy (non-hydrogen) atoms. The highest BCUT2D eigenvalue weighted by atomic mass is 15.3. The lowest BCUT2D eigenvalue weighted by molar-refractivity contribution is 0.458. The van der Waals surface area contributed by atoms with Crippen molar-refractivity contribution in [3.63, 3.8) is 0 Å². The number of aromatic nitrogens is 3. The maximum Gasteiger partial charge on any atom is 0.142 e. The Labute approximate surface area is 123 Å². The van der Waals surface area contributed by atoms with E-state index in [1.807, 2.05) is 0 Å². The number of unbranched alkanes of at least 4 members (excludes halogenated alkanes) is 9. The molecule has 1 aromatic heterocycles. The van der Waals surface area contributed by atoms with Crippen molar-refractivity contribution in [1.82, 2.24) is 20.6 Å². The largest absolute Gasteiger partial charge is 0.271 e. The van der Waals surface area contributed by atoms with Gasteiger partial charge in [-0.15, -0.1) is 0 Å². The predicted molar refractivity (Wildman–Crippen MR) is 82.9 cm³/mol. The van der Waals surface area contributed by atoms with Gasteiger partial charge < -0.3 is 0 Å². The van der Waals surface area contributed by atoms with Gasteiger partial charge in [-0.1, -0.05) is 71.1 Å². The van der Waals surface area contributed by atoms with E-state index in [4.69, 9.17) is 5.84 Å². The number of hydrogen-bond donors (Lipinski definition) is 3. The molecule has 0 saturated heterocycles. The molecule has 0 bridgehead atoms. The lowest BCUT2D eigenvalue weighted by Gasteiger charge is -2.12. The van der Waals surface area contributed by atoms with Crippen molar-refractivity contribution < 1.29 is 0 Å². The Morgan fingerprint density at radius 1 is 1.05 bits per heavy atom. The molecule has 0 fully saturated rings. The minimum atomic E-state index is 0.103. The van der Waals surface area contributed by atoms with Crippen LogP contribution in [0, 0.1) is 0 Å². The first kappa shape index (κ1) is 17.1. The van der Waals surface area contributed by atoms with E-state index in [1.54, 1.807) is 0 Å². The summed E-state index contributed by atoms with van der Waals surface area (Å²) in [4.78, 5) is 4.14. The summed E-state index contributed by atoms with van der Waals surface area (Å²) < 4.78 is 0. The summed E-state index contributed by atoms with van der Waals surface area (Å²) in [5, 5.41) is 6.73. The molecule has 5 nitrogen and oxygen atoms in total. The molecule has 0 saturated carbocycles. The number of rotatable bonds is 13. The Morgan fingerprint density at radius 3 is 2.15 bits per heavy atom. The molecule has 0 aliphatic carbocycles. The fourth-order valence-electron chi connectivity index (χ4n) is 2.52. The van der Waals surface area contributed by atoms with Gasteiger partial charge in [-0.2, -0.15) is 5.10 Å². The number of hydrazine groups is 1. The quantitative estimate of drug-likeness (QED) is 0.293. The van der Waals surface area contributed by atoms with E-state index in [-0.39, 0.29) is 6.04 Å². The molecular weight excluding hydrogens is 250 g/mol. The van der Waals surface area contributed by atoms with Crippen molar-refractivity contribution in [2.75, 3.05) is 0 Å². The van der Waals surface area contributed by atoms with Crippen molar-refractivity contribution in [2.24, 2.45) is 5.84 Å². The zero-order chi connectivity index (χ0) is 14.5. The van der Waals surface area contributed by atoms with Gasteiger partial charge in [0.1, 0.15) is 12.2 Å². The van der Waals surface area contributed by atoms with Crippen LogP contribution in [0.25, 0.3) is 0 Å². The molecule has 1 heterocycles. The van der Waals surface area contributed by atoms with E-state index in [2.05, 4.69) is 27.5 Å². The van der Waals surface area contributed by atoms with Crippen LogP contribution < -0.4 is 11.3 Å². The molecule has 5 heteroatoms. The molecule has 0 aliphatic heterocycles. The zero-order valence-electron chi connectivity index (χ0n) is 12.9. The maximum atomic E-state index is 5.55. The fraction of sp³-hybridized carbons (Fsp3) is 0.867.